The molecule has 5 heteroatoms. The van der Waals surface area contributed by atoms with E-state index in [-0.39, 0.29) is 5.91 Å². The lowest BCUT2D eigenvalue weighted by atomic mass is 10.1. The molecular weight excluding hydrogens is 306 g/mol. The predicted molar refractivity (Wildman–Crippen MR) is 90.2 cm³/mol. The summed E-state index contributed by atoms with van der Waals surface area (Å²) >= 11 is 0. The molecule has 0 bridgehead atoms. The number of nitrogens with one attached hydrogen (secondary N) is 1. The summed E-state index contributed by atoms with van der Waals surface area (Å²) < 4.78 is 16.6. The van der Waals surface area contributed by atoms with Crippen LogP contribution in [0.2, 0.25) is 0 Å². The summed E-state index contributed by atoms with van der Waals surface area (Å²) in [5.74, 6) is 1.75. The normalized spacial score (nSPS) is 17.0. The van der Waals surface area contributed by atoms with E-state index in [0.29, 0.717) is 30.4 Å². The van der Waals surface area contributed by atoms with Crippen molar-refractivity contribution < 1.29 is 18.7 Å². The van der Waals surface area contributed by atoms with Crippen LogP contribution < -0.4 is 10.1 Å². The summed E-state index contributed by atoms with van der Waals surface area (Å²) in [6, 6.07) is 7.71. The highest BCUT2D eigenvalue weighted by Crippen LogP contribution is 2.23. The van der Waals surface area contributed by atoms with Crippen molar-refractivity contribution >= 4 is 5.91 Å². The van der Waals surface area contributed by atoms with Gasteiger partial charge in [-0.15, -0.1) is 0 Å². The van der Waals surface area contributed by atoms with Crippen molar-refractivity contribution in [1.29, 1.82) is 0 Å². The molecule has 128 valence electrons. The van der Waals surface area contributed by atoms with Crippen LogP contribution in [-0.2, 0) is 11.3 Å². The molecule has 1 saturated heterocycles. The minimum atomic E-state index is -0.142. The highest BCUT2D eigenvalue weighted by atomic mass is 16.5. The van der Waals surface area contributed by atoms with Gasteiger partial charge < -0.3 is 19.2 Å². The van der Waals surface area contributed by atoms with Crippen LogP contribution in [0.1, 0.15) is 33.7 Å². The third-order valence-electron chi connectivity index (χ3n) is 4.26. The van der Waals surface area contributed by atoms with Gasteiger partial charge in [0.25, 0.3) is 5.91 Å². The lowest BCUT2D eigenvalue weighted by molar-refractivity contribution is 0.0949. The van der Waals surface area contributed by atoms with Crippen LogP contribution in [-0.4, -0.2) is 25.7 Å². The summed E-state index contributed by atoms with van der Waals surface area (Å²) in [4.78, 5) is 12.2. The van der Waals surface area contributed by atoms with Gasteiger partial charge in [-0.05, 0) is 38.0 Å². The van der Waals surface area contributed by atoms with Crippen LogP contribution in [0.3, 0.4) is 0 Å². The molecule has 1 aromatic heterocycles. The number of hydrogen-bond acceptors (Lipinski definition) is 4. The number of hydrogen-bond donors (Lipinski definition) is 1. The highest BCUT2D eigenvalue weighted by Gasteiger charge is 2.17. The van der Waals surface area contributed by atoms with E-state index in [2.05, 4.69) is 5.32 Å². The van der Waals surface area contributed by atoms with Crippen molar-refractivity contribution in [3.63, 3.8) is 0 Å². The molecule has 24 heavy (non-hydrogen) atoms. The largest absolute Gasteiger partial charge is 0.493 e. The Labute approximate surface area is 141 Å². The molecule has 0 saturated carbocycles. The van der Waals surface area contributed by atoms with E-state index in [4.69, 9.17) is 13.9 Å². The monoisotopic (exact) mass is 329 g/mol. The maximum Gasteiger partial charge on any atom is 0.255 e. The number of rotatable bonds is 6. The van der Waals surface area contributed by atoms with Gasteiger partial charge in [0.1, 0.15) is 11.5 Å². The molecule has 1 aromatic carbocycles. The van der Waals surface area contributed by atoms with E-state index in [1.165, 1.54) is 6.26 Å². The molecular formula is C19H23NO4. The molecule has 1 amide bonds. The van der Waals surface area contributed by atoms with Crippen molar-refractivity contribution in [2.45, 2.75) is 26.8 Å². The van der Waals surface area contributed by atoms with E-state index in [0.717, 1.165) is 36.5 Å². The Hall–Kier alpha value is -2.27. The molecule has 0 spiro atoms. The predicted octanol–water partition coefficient (Wildman–Crippen LogP) is 3.24. The van der Waals surface area contributed by atoms with Crippen molar-refractivity contribution in [2.75, 3.05) is 19.8 Å². The van der Waals surface area contributed by atoms with E-state index >= 15 is 0 Å². The summed E-state index contributed by atoms with van der Waals surface area (Å²) in [6.45, 7) is 6.44. The van der Waals surface area contributed by atoms with Crippen molar-refractivity contribution in [1.82, 2.24) is 5.32 Å². The maximum atomic E-state index is 12.2. The second-order valence-electron chi connectivity index (χ2n) is 6.22. The van der Waals surface area contributed by atoms with E-state index < -0.39 is 0 Å². The van der Waals surface area contributed by atoms with Crippen LogP contribution in [0.4, 0.5) is 0 Å². The zero-order valence-corrected chi connectivity index (χ0v) is 14.1. The number of benzene rings is 1. The Morgan fingerprint density at radius 3 is 2.92 bits per heavy atom. The van der Waals surface area contributed by atoms with Gasteiger partial charge in [0.15, 0.2) is 0 Å². The minimum Gasteiger partial charge on any atom is -0.493 e. The Kier molecular flexibility index (Phi) is 5.20. The number of carbonyl (C=O) groups is 1. The number of furan rings is 1. The zero-order valence-electron chi connectivity index (χ0n) is 14.1. The molecule has 2 heterocycles. The first kappa shape index (κ1) is 16.6. The van der Waals surface area contributed by atoms with Crippen molar-refractivity contribution in [3.8, 4) is 5.75 Å². The van der Waals surface area contributed by atoms with E-state index in [1.807, 2.05) is 25.1 Å². The Morgan fingerprint density at radius 2 is 2.21 bits per heavy atom. The second kappa shape index (κ2) is 7.53. The minimum absolute atomic E-state index is 0.142. The second-order valence-corrected chi connectivity index (χ2v) is 6.22. The summed E-state index contributed by atoms with van der Waals surface area (Å²) in [5.41, 5.74) is 2.66. The fourth-order valence-corrected chi connectivity index (χ4v) is 2.76. The summed E-state index contributed by atoms with van der Waals surface area (Å²) in [7, 11) is 0. The van der Waals surface area contributed by atoms with Crippen LogP contribution in [0.25, 0.3) is 0 Å². The summed E-state index contributed by atoms with van der Waals surface area (Å²) in [6.07, 6.45) is 2.56. The van der Waals surface area contributed by atoms with Gasteiger partial charge in [0, 0.05) is 24.6 Å². The first-order chi connectivity index (χ1) is 11.6. The smallest absolute Gasteiger partial charge is 0.255 e. The fourth-order valence-electron chi connectivity index (χ4n) is 2.76. The topological polar surface area (TPSA) is 60.7 Å². The number of carbonyl (C=O) groups excluding carboxylic acids is 1. The van der Waals surface area contributed by atoms with Gasteiger partial charge >= 0.3 is 0 Å². The molecule has 1 aliphatic heterocycles. The first-order valence-corrected chi connectivity index (χ1v) is 8.26. The van der Waals surface area contributed by atoms with Gasteiger partial charge in [0.2, 0.25) is 0 Å². The van der Waals surface area contributed by atoms with E-state index in [1.54, 1.807) is 13.0 Å². The van der Waals surface area contributed by atoms with Gasteiger partial charge in [-0.3, -0.25) is 4.79 Å². The molecule has 1 fully saturated rings. The van der Waals surface area contributed by atoms with Crippen molar-refractivity contribution in [3.05, 3.63) is 53.0 Å². The summed E-state index contributed by atoms with van der Waals surface area (Å²) in [5, 5.41) is 2.93. The van der Waals surface area contributed by atoms with E-state index in [9.17, 15) is 4.79 Å². The average Bonchev–Trinajstić information content (AvgIpc) is 3.23. The first-order valence-electron chi connectivity index (χ1n) is 8.26. The molecule has 5 nitrogen and oxygen atoms in total. The lowest BCUT2D eigenvalue weighted by Gasteiger charge is -2.15. The SMILES string of the molecule is Cc1ccc(CNC(=O)c2ccoc2C)c(OC[C@H]2CCOC2)c1. The number of amides is 1. The van der Waals surface area contributed by atoms with Crippen LogP contribution >= 0.6 is 0 Å². The fraction of sp³-hybridized carbons (Fsp3) is 0.421. The molecule has 0 unspecified atom stereocenters. The average molecular weight is 329 g/mol. The molecule has 0 radical (unpaired) electrons. The molecule has 3 rings (SSSR count). The van der Waals surface area contributed by atoms with Gasteiger partial charge in [-0.25, -0.2) is 0 Å². The quantitative estimate of drug-likeness (QED) is 0.884. The number of aryl methyl sites for hydroxylation is 2. The molecule has 0 aliphatic carbocycles. The van der Waals surface area contributed by atoms with Gasteiger partial charge in [-0.1, -0.05) is 12.1 Å². The molecule has 2 aromatic rings. The molecule has 1 atom stereocenters. The standard InChI is InChI=1S/C19H23NO4/c1-13-3-4-16(10-20-19(21)17-6-8-23-14(17)2)18(9-13)24-12-15-5-7-22-11-15/h3-4,6,8-9,15H,5,7,10-12H2,1-2H3,(H,20,21)/t15-/m0/s1. The molecule has 1 N–H and O–H groups in total. The molecule has 1 aliphatic rings. The van der Waals surface area contributed by atoms with Crippen LogP contribution in [0.5, 0.6) is 5.75 Å². The van der Waals surface area contributed by atoms with Gasteiger partial charge in [-0.2, -0.15) is 0 Å². The van der Waals surface area contributed by atoms with Crippen LogP contribution in [0, 0.1) is 19.8 Å². The zero-order chi connectivity index (χ0) is 16.9. The van der Waals surface area contributed by atoms with Gasteiger partial charge in [0.05, 0.1) is 25.0 Å². The van der Waals surface area contributed by atoms with Crippen molar-refractivity contribution in [2.24, 2.45) is 5.92 Å². The highest BCUT2D eigenvalue weighted by molar-refractivity contribution is 5.95. The number of ether oxygens (including phenoxy) is 2. The lowest BCUT2D eigenvalue weighted by Crippen LogP contribution is -2.23. The Bertz CT molecular complexity index is 701. The Morgan fingerprint density at radius 1 is 1.33 bits per heavy atom. The third kappa shape index (κ3) is 3.97. The van der Waals surface area contributed by atoms with Crippen LogP contribution in [0.15, 0.2) is 34.9 Å². The maximum absolute atomic E-state index is 12.2. The Balaban J connectivity index is 1.63. The third-order valence-corrected chi connectivity index (χ3v) is 4.26.